The summed E-state index contributed by atoms with van der Waals surface area (Å²) >= 11 is 1.78. The fraction of sp³-hybridized carbons (Fsp3) is 0.765. The maximum Gasteiger partial charge on any atom is 0.188 e. The molecule has 1 aromatic rings. The van der Waals surface area contributed by atoms with Crippen molar-refractivity contribution < 1.29 is 0 Å². The molecule has 21 heavy (non-hydrogen) atoms. The number of nitrogens with zero attached hydrogens (tertiary/aromatic N) is 2. The third-order valence-corrected chi connectivity index (χ3v) is 6.17. The predicted octanol–water partition coefficient (Wildman–Crippen LogP) is 4.04. The molecule has 0 spiro atoms. The van der Waals surface area contributed by atoms with Gasteiger partial charge in [-0.15, -0.1) is 0 Å². The first-order valence-corrected chi connectivity index (χ1v) is 8.80. The lowest BCUT2D eigenvalue weighted by molar-refractivity contribution is 0.174. The SMILES string of the molecule is Cc1nc(SC2CC(C(C)(C)C)CCC2N)nc(C)c1C. The van der Waals surface area contributed by atoms with Gasteiger partial charge in [-0.2, -0.15) is 0 Å². The Kier molecular flexibility index (Phi) is 4.99. The van der Waals surface area contributed by atoms with E-state index in [1.165, 1.54) is 18.4 Å². The molecule has 0 aromatic carbocycles. The van der Waals surface area contributed by atoms with Crippen molar-refractivity contribution in [1.82, 2.24) is 9.97 Å². The van der Waals surface area contributed by atoms with Crippen LogP contribution in [0.4, 0.5) is 0 Å². The van der Waals surface area contributed by atoms with Crippen LogP contribution in [-0.4, -0.2) is 21.3 Å². The Morgan fingerprint density at radius 2 is 1.62 bits per heavy atom. The van der Waals surface area contributed by atoms with Gasteiger partial charge >= 0.3 is 0 Å². The average Bonchev–Trinajstić information content (AvgIpc) is 2.37. The minimum Gasteiger partial charge on any atom is -0.327 e. The molecule has 2 N–H and O–H groups in total. The molecule has 1 heterocycles. The maximum absolute atomic E-state index is 6.36. The normalized spacial score (nSPS) is 26.9. The topological polar surface area (TPSA) is 51.8 Å². The molecule has 3 nitrogen and oxygen atoms in total. The largest absolute Gasteiger partial charge is 0.327 e. The molecule has 1 aliphatic rings. The van der Waals surface area contributed by atoms with E-state index < -0.39 is 0 Å². The van der Waals surface area contributed by atoms with Gasteiger partial charge in [-0.05, 0) is 56.9 Å². The smallest absolute Gasteiger partial charge is 0.188 e. The van der Waals surface area contributed by atoms with E-state index in [2.05, 4.69) is 51.5 Å². The Bertz CT molecular complexity index is 484. The monoisotopic (exact) mass is 307 g/mol. The summed E-state index contributed by atoms with van der Waals surface area (Å²) in [5.41, 5.74) is 10.1. The van der Waals surface area contributed by atoms with Crippen LogP contribution in [0.15, 0.2) is 5.16 Å². The number of hydrogen-bond acceptors (Lipinski definition) is 4. The molecule has 1 aromatic heterocycles. The third-order valence-electron chi connectivity index (χ3n) is 4.94. The Morgan fingerprint density at radius 3 is 2.14 bits per heavy atom. The number of nitrogens with two attached hydrogens (primary N) is 1. The number of thioether (sulfide) groups is 1. The summed E-state index contributed by atoms with van der Waals surface area (Å²) in [6.45, 7) is 13.2. The maximum atomic E-state index is 6.36. The lowest BCUT2D eigenvalue weighted by Crippen LogP contribution is -2.41. The number of hydrogen-bond donors (Lipinski definition) is 1. The first-order chi connectivity index (χ1) is 9.68. The molecule has 0 bridgehead atoms. The molecule has 1 fully saturated rings. The second kappa shape index (κ2) is 6.25. The fourth-order valence-corrected chi connectivity index (χ4v) is 4.29. The molecule has 0 aliphatic heterocycles. The summed E-state index contributed by atoms with van der Waals surface area (Å²) in [5.74, 6) is 0.738. The average molecular weight is 308 g/mol. The summed E-state index contributed by atoms with van der Waals surface area (Å²) in [4.78, 5) is 9.29. The van der Waals surface area contributed by atoms with Gasteiger partial charge in [0, 0.05) is 22.7 Å². The van der Waals surface area contributed by atoms with E-state index in [0.29, 0.717) is 10.7 Å². The third kappa shape index (κ3) is 3.98. The Morgan fingerprint density at radius 1 is 1.05 bits per heavy atom. The van der Waals surface area contributed by atoms with Gasteiger partial charge in [0.15, 0.2) is 5.16 Å². The first kappa shape index (κ1) is 16.8. The van der Waals surface area contributed by atoms with Crippen molar-refractivity contribution >= 4 is 11.8 Å². The van der Waals surface area contributed by atoms with Crippen molar-refractivity contribution in [2.45, 2.75) is 77.3 Å². The van der Waals surface area contributed by atoms with Crippen LogP contribution in [0.25, 0.3) is 0 Å². The number of aryl methyl sites for hydroxylation is 2. The zero-order chi connectivity index (χ0) is 15.8. The molecular weight excluding hydrogens is 278 g/mol. The van der Waals surface area contributed by atoms with Gasteiger partial charge in [-0.3, -0.25) is 0 Å². The second-order valence-electron chi connectivity index (χ2n) is 7.50. The summed E-state index contributed by atoms with van der Waals surface area (Å²) in [6, 6.07) is 0.263. The Balaban J connectivity index is 2.14. The van der Waals surface area contributed by atoms with Crippen LogP contribution in [0.2, 0.25) is 0 Å². The molecule has 0 saturated heterocycles. The van der Waals surface area contributed by atoms with Gasteiger partial charge in [0.25, 0.3) is 0 Å². The quantitative estimate of drug-likeness (QED) is 0.838. The molecule has 118 valence electrons. The highest BCUT2D eigenvalue weighted by atomic mass is 32.2. The van der Waals surface area contributed by atoms with Gasteiger partial charge in [0.05, 0.1) is 0 Å². The van der Waals surface area contributed by atoms with Crippen LogP contribution in [0.3, 0.4) is 0 Å². The Hall–Kier alpha value is -0.610. The van der Waals surface area contributed by atoms with Gasteiger partial charge in [-0.25, -0.2) is 9.97 Å². The van der Waals surface area contributed by atoms with E-state index in [-0.39, 0.29) is 6.04 Å². The fourth-order valence-electron chi connectivity index (χ4n) is 3.00. The minimum atomic E-state index is 0.263. The van der Waals surface area contributed by atoms with Gasteiger partial charge in [-0.1, -0.05) is 32.5 Å². The van der Waals surface area contributed by atoms with Crippen LogP contribution in [0.1, 0.15) is 57.0 Å². The molecule has 0 radical (unpaired) electrons. The predicted molar refractivity (Wildman–Crippen MR) is 90.7 cm³/mol. The molecule has 0 amide bonds. The van der Waals surface area contributed by atoms with Crippen LogP contribution < -0.4 is 5.73 Å². The number of rotatable bonds is 2. The van der Waals surface area contributed by atoms with E-state index in [4.69, 9.17) is 5.73 Å². The van der Waals surface area contributed by atoms with Crippen molar-refractivity contribution in [3.8, 4) is 0 Å². The van der Waals surface area contributed by atoms with E-state index in [1.807, 2.05) is 0 Å². The van der Waals surface area contributed by atoms with Crippen LogP contribution >= 0.6 is 11.8 Å². The van der Waals surface area contributed by atoms with E-state index in [1.54, 1.807) is 11.8 Å². The van der Waals surface area contributed by atoms with Crippen molar-refractivity contribution in [3.63, 3.8) is 0 Å². The lowest BCUT2D eigenvalue weighted by atomic mass is 9.71. The second-order valence-corrected chi connectivity index (χ2v) is 8.70. The molecule has 1 aliphatic carbocycles. The highest BCUT2D eigenvalue weighted by Crippen LogP contribution is 2.42. The molecule has 2 rings (SSSR count). The van der Waals surface area contributed by atoms with Crippen molar-refractivity contribution in [2.24, 2.45) is 17.1 Å². The van der Waals surface area contributed by atoms with Crippen LogP contribution in [-0.2, 0) is 0 Å². The molecule has 3 atom stereocenters. The van der Waals surface area contributed by atoms with Crippen LogP contribution in [0.5, 0.6) is 0 Å². The molecule has 4 heteroatoms. The zero-order valence-corrected chi connectivity index (χ0v) is 15.0. The zero-order valence-electron chi connectivity index (χ0n) is 14.2. The summed E-state index contributed by atoms with van der Waals surface area (Å²) in [6.07, 6.45) is 3.53. The summed E-state index contributed by atoms with van der Waals surface area (Å²) in [7, 11) is 0. The number of aromatic nitrogens is 2. The van der Waals surface area contributed by atoms with E-state index in [0.717, 1.165) is 28.9 Å². The first-order valence-electron chi connectivity index (χ1n) is 7.92. The van der Waals surface area contributed by atoms with E-state index in [9.17, 15) is 0 Å². The highest BCUT2D eigenvalue weighted by molar-refractivity contribution is 7.99. The van der Waals surface area contributed by atoms with E-state index >= 15 is 0 Å². The summed E-state index contributed by atoms with van der Waals surface area (Å²) in [5, 5.41) is 1.33. The van der Waals surface area contributed by atoms with Gasteiger partial charge < -0.3 is 5.73 Å². The molecule has 1 saturated carbocycles. The molecule has 3 unspecified atom stereocenters. The van der Waals surface area contributed by atoms with Crippen LogP contribution in [0, 0.1) is 32.1 Å². The van der Waals surface area contributed by atoms with Crippen molar-refractivity contribution in [1.29, 1.82) is 0 Å². The van der Waals surface area contributed by atoms with Gasteiger partial charge in [0.1, 0.15) is 0 Å². The standard InChI is InChI=1S/C17H29N3S/c1-10-11(2)19-16(20-12(10)3)21-15-9-13(17(4,5)6)7-8-14(15)18/h13-15H,7-9,18H2,1-6H3. The Labute approximate surface area is 133 Å². The van der Waals surface area contributed by atoms with Crippen molar-refractivity contribution in [3.05, 3.63) is 17.0 Å². The molecular formula is C17H29N3S. The van der Waals surface area contributed by atoms with Gasteiger partial charge in [0.2, 0.25) is 0 Å². The highest BCUT2D eigenvalue weighted by Gasteiger charge is 2.35. The lowest BCUT2D eigenvalue weighted by Gasteiger charge is -2.40. The minimum absolute atomic E-state index is 0.263. The summed E-state index contributed by atoms with van der Waals surface area (Å²) < 4.78 is 0. The van der Waals surface area contributed by atoms with Crippen molar-refractivity contribution in [2.75, 3.05) is 0 Å².